The Morgan fingerprint density at radius 2 is 1.81 bits per heavy atom. The van der Waals surface area contributed by atoms with Crippen molar-refractivity contribution in [2.75, 3.05) is 18.4 Å². The summed E-state index contributed by atoms with van der Waals surface area (Å²) in [6.45, 7) is 2.23. The van der Waals surface area contributed by atoms with E-state index in [2.05, 4.69) is 10.4 Å². The molecule has 0 bridgehead atoms. The molecular weight excluding hydrogens is 477 g/mol. The van der Waals surface area contributed by atoms with Crippen molar-refractivity contribution in [1.82, 2.24) is 14.5 Å². The van der Waals surface area contributed by atoms with Crippen LogP contribution in [0.15, 0.2) is 67.0 Å². The van der Waals surface area contributed by atoms with E-state index in [4.69, 9.17) is 0 Å². The zero-order valence-corrected chi connectivity index (χ0v) is 20.1. The number of piperidine rings is 1. The molecule has 2 aromatic heterocycles. The SMILES string of the molecule is Cc1c([N+](=O)[O-])ccc(F)c1C(=O)N1CCC(c2ccc(NC(=O)c3cnn4ccccc34)cc2)CC1. The van der Waals surface area contributed by atoms with Crippen LogP contribution in [0.5, 0.6) is 0 Å². The fourth-order valence-electron chi connectivity index (χ4n) is 4.85. The summed E-state index contributed by atoms with van der Waals surface area (Å²) < 4.78 is 16.1. The minimum atomic E-state index is -0.753. The number of nitro benzene ring substituents is 1. The molecular formula is C27H24FN5O4. The first-order chi connectivity index (χ1) is 17.8. The molecule has 0 unspecified atom stereocenters. The molecule has 1 aliphatic rings. The number of rotatable bonds is 5. The van der Waals surface area contributed by atoms with E-state index < -0.39 is 16.6 Å². The van der Waals surface area contributed by atoms with Gasteiger partial charge in [-0.25, -0.2) is 8.91 Å². The highest BCUT2D eigenvalue weighted by Gasteiger charge is 2.29. The van der Waals surface area contributed by atoms with E-state index in [1.165, 1.54) is 13.1 Å². The maximum Gasteiger partial charge on any atom is 0.273 e. The van der Waals surface area contributed by atoms with Crippen molar-refractivity contribution in [3.05, 3.63) is 105 Å². The fraction of sp³-hybridized carbons (Fsp3) is 0.222. The van der Waals surface area contributed by atoms with Gasteiger partial charge in [0.25, 0.3) is 17.5 Å². The maximum absolute atomic E-state index is 14.4. The zero-order chi connectivity index (χ0) is 26.1. The highest BCUT2D eigenvalue weighted by Crippen LogP contribution is 2.31. The second-order valence-corrected chi connectivity index (χ2v) is 9.05. The molecule has 4 aromatic rings. The van der Waals surface area contributed by atoms with E-state index in [0.29, 0.717) is 37.2 Å². The molecule has 1 saturated heterocycles. The van der Waals surface area contributed by atoms with E-state index in [-0.39, 0.29) is 28.6 Å². The minimum absolute atomic E-state index is 0.0406. The molecule has 2 amide bonds. The van der Waals surface area contributed by atoms with Crippen LogP contribution in [0.25, 0.3) is 5.52 Å². The standard InChI is InChI=1S/C27H24FN5O4/c1-17-23(33(36)37)10-9-22(28)25(17)27(35)31-14-11-19(12-15-31)18-5-7-20(8-6-18)30-26(34)21-16-29-32-13-3-2-4-24(21)32/h2-10,13,16,19H,11-12,14-15H2,1H3,(H,30,34). The van der Waals surface area contributed by atoms with Crippen molar-refractivity contribution in [2.45, 2.75) is 25.7 Å². The summed E-state index contributed by atoms with van der Waals surface area (Å²) in [4.78, 5) is 37.9. The van der Waals surface area contributed by atoms with Gasteiger partial charge in [-0.15, -0.1) is 0 Å². The van der Waals surface area contributed by atoms with Crippen molar-refractivity contribution in [1.29, 1.82) is 0 Å². The lowest BCUT2D eigenvalue weighted by molar-refractivity contribution is -0.385. The first-order valence-electron chi connectivity index (χ1n) is 11.9. The van der Waals surface area contributed by atoms with Gasteiger partial charge in [0.05, 0.1) is 27.8 Å². The van der Waals surface area contributed by atoms with Gasteiger partial charge in [-0.2, -0.15) is 5.10 Å². The Morgan fingerprint density at radius 1 is 1.08 bits per heavy atom. The van der Waals surface area contributed by atoms with Crippen LogP contribution in [0.4, 0.5) is 15.8 Å². The average molecular weight is 502 g/mol. The van der Waals surface area contributed by atoms with Crippen molar-refractivity contribution < 1.29 is 18.9 Å². The molecule has 0 spiro atoms. The maximum atomic E-state index is 14.4. The zero-order valence-electron chi connectivity index (χ0n) is 20.1. The lowest BCUT2D eigenvalue weighted by Gasteiger charge is -2.32. The van der Waals surface area contributed by atoms with E-state index in [1.807, 2.05) is 42.5 Å². The predicted molar refractivity (Wildman–Crippen MR) is 135 cm³/mol. The van der Waals surface area contributed by atoms with Crippen LogP contribution >= 0.6 is 0 Å². The quantitative estimate of drug-likeness (QED) is 0.307. The molecule has 10 heteroatoms. The number of nitrogens with zero attached hydrogens (tertiary/aromatic N) is 4. The third-order valence-electron chi connectivity index (χ3n) is 6.89. The molecule has 1 aliphatic heterocycles. The number of anilines is 1. The molecule has 0 saturated carbocycles. The summed E-state index contributed by atoms with van der Waals surface area (Å²) in [6, 6.07) is 15.2. The molecule has 3 heterocycles. The number of hydrogen-bond acceptors (Lipinski definition) is 5. The summed E-state index contributed by atoms with van der Waals surface area (Å²) in [6.07, 6.45) is 4.67. The molecule has 1 fully saturated rings. The Balaban J connectivity index is 1.22. The third kappa shape index (κ3) is 4.65. The van der Waals surface area contributed by atoms with Crippen LogP contribution in [0.3, 0.4) is 0 Å². The minimum Gasteiger partial charge on any atom is -0.339 e. The number of nitrogens with one attached hydrogen (secondary N) is 1. The van der Waals surface area contributed by atoms with E-state index in [9.17, 15) is 24.1 Å². The van der Waals surface area contributed by atoms with Crippen molar-refractivity contribution in [3.8, 4) is 0 Å². The van der Waals surface area contributed by atoms with Gasteiger partial charge in [0, 0.05) is 36.6 Å². The Morgan fingerprint density at radius 3 is 2.51 bits per heavy atom. The van der Waals surface area contributed by atoms with Gasteiger partial charge >= 0.3 is 0 Å². The second-order valence-electron chi connectivity index (χ2n) is 9.05. The van der Waals surface area contributed by atoms with Crippen molar-refractivity contribution in [2.24, 2.45) is 0 Å². The number of nitro groups is 1. The summed E-state index contributed by atoms with van der Waals surface area (Å²) >= 11 is 0. The summed E-state index contributed by atoms with van der Waals surface area (Å²) in [7, 11) is 0. The van der Waals surface area contributed by atoms with E-state index >= 15 is 0 Å². The molecule has 0 atom stereocenters. The van der Waals surface area contributed by atoms with Gasteiger partial charge in [0.1, 0.15) is 5.82 Å². The van der Waals surface area contributed by atoms with Crippen molar-refractivity contribution >= 4 is 28.7 Å². The van der Waals surface area contributed by atoms with Gasteiger partial charge in [0.15, 0.2) is 0 Å². The Hall–Kier alpha value is -4.60. The van der Waals surface area contributed by atoms with Crippen LogP contribution in [0.1, 0.15) is 50.6 Å². The summed E-state index contributed by atoms with van der Waals surface area (Å²) in [5.74, 6) is -1.33. The first kappa shape index (κ1) is 24.1. The lowest BCUT2D eigenvalue weighted by Crippen LogP contribution is -2.38. The Kier molecular flexibility index (Phi) is 6.39. The number of amides is 2. The molecule has 0 aliphatic carbocycles. The van der Waals surface area contributed by atoms with Gasteiger partial charge in [-0.3, -0.25) is 19.7 Å². The average Bonchev–Trinajstić information content (AvgIpc) is 3.33. The highest BCUT2D eigenvalue weighted by atomic mass is 19.1. The topological polar surface area (TPSA) is 110 Å². The van der Waals surface area contributed by atoms with Crippen molar-refractivity contribution in [3.63, 3.8) is 0 Å². The number of halogens is 1. The fourth-order valence-corrected chi connectivity index (χ4v) is 4.85. The summed E-state index contributed by atoms with van der Waals surface area (Å²) in [5.41, 5.74) is 2.48. The van der Waals surface area contributed by atoms with Crippen LogP contribution in [-0.4, -0.2) is 44.3 Å². The smallest absolute Gasteiger partial charge is 0.273 e. The number of carbonyl (C=O) groups excluding carboxylic acids is 2. The number of benzene rings is 2. The van der Waals surface area contributed by atoms with Gasteiger partial charge in [-0.05, 0) is 61.6 Å². The first-order valence-corrected chi connectivity index (χ1v) is 11.9. The number of fused-ring (bicyclic) bond motifs is 1. The van der Waals surface area contributed by atoms with Gasteiger partial charge < -0.3 is 10.2 Å². The van der Waals surface area contributed by atoms with Crippen LogP contribution in [-0.2, 0) is 0 Å². The van der Waals surface area contributed by atoms with Crippen LogP contribution in [0.2, 0.25) is 0 Å². The molecule has 2 aromatic carbocycles. The number of aromatic nitrogens is 2. The number of likely N-dealkylation sites (tertiary alicyclic amines) is 1. The second kappa shape index (κ2) is 9.81. The van der Waals surface area contributed by atoms with Crippen LogP contribution in [0, 0.1) is 22.9 Å². The lowest BCUT2D eigenvalue weighted by atomic mass is 9.89. The van der Waals surface area contributed by atoms with Gasteiger partial charge in [0.2, 0.25) is 0 Å². The highest BCUT2D eigenvalue weighted by molar-refractivity contribution is 6.08. The van der Waals surface area contributed by atoms with E-state index in [0.717, 1.165) is 23.2 Å². The number of hydrogen-bond donors (Lipinski definition) is 1. The predicted octanol–water partition coefficient (Wildman–Crippen LogP) is 4.96. The summed E-state index contributed by atoms with van der Waals surface area (Å²) in [5, 5.41) is 18.3. The normalized spacial score (nSPS) is 14.1. The molecule has 37 heavy (non-hydrogen) atoms. The Bertz CT molecular complexity index is 1510. The molecule has 9 nitrogen and oxygen atoms in total. The van der Waals surface area contributed by atoms with Crippen LogP contribution < -0.4 is 5.32 Å². The third-order valence-corrected chi connectivity index (χ3v) is 6.89. The molecule has 188 valence electrons. The largest absolute Gasteiger partial charge is 0.339 e. The number of pyridine rings is 1. The van der Waals surface area contributed by atoms with Gasteiger partial charge in [-0.1, -0.05) is 18.2 Å². The molecule has 1 N–H and O–H groups in total. The molecule has 0 radical (unpaired) electrons. The van der Waals surface area contributed by atoms with E-state index in [1.54, 1.807) is 15.6 Å². The Labute approximate surface area is 211 Å². The number of carbonyl (C=O) groups is 2. The monoisotopic (exact) mass is 501 g/mol. The molecule has 5 rings (SSSR count).